The van der Waals surface area contributed by atoms with Gasteiger partial charge in [0.15, 0.2) is 0 Å². The third-order valence-electron chi connectivity index (χ3n) is 2.80. The maximum atomic E-state index is 12.0. The number of hydrogen-bond donors (Lipinski definition) is 3. The van der Waals surface area contributed by atoms with E-state index in [9.17, 15) is 8.42 Å². The lowest BCUT2D eigenvalue weighted by molar-refractivity contribution is 0.163. The van der Waals surface area contributed by atoms with E-state index in [-0.39, 0.29) is 18.2 Å². The lowest BCUT2D eigenvalue weighted by Gasteiger charge is -2.21. The quantitative estimate of drug-likeness (QED) is 0.594. The van der Waals surface area contributed by atoms with Crippen LogP contribution >= 0.6 is 0 Å². The molecule has 1 aromatic heterocycles. The molecule has 0 amide bonds. The Hall–Kier alpha value is -0.890. The summed E-state index contributed by atoms with van der Waals surface area (Å²) in [6.07, 6.45) is 1.00. The molecule has 0 aliphatic rings. The Labute approximate surface area is 120 Å². The summed E-state index contributed by atoms with van der Waals surface area (Å²) in [5.41, 5.74) is -0.509. The second-order valence-corrected chi connectivity index (χ2v) is 7.24. The van der Waals surface area contributed by atoms with Crippen LogP contribution in [0.25, 0.3) is 0 Å². The van der Waals surface area contributed by atoms with E-state index in [4.69, 9.17) is 9.52 Å². The normalized spacial score (nSPS) is 12.8. The smallest absolute Gasteiger partial charge is 0.273 e. The predicted octanol–water partition coefficient (Wildman–Crippen LogP) is 1.08. The van der Waals surface area contributed by atoms with Gasteiger partial charge in [-0.05, 0) is 25.1 Å². The van der Waals surface area contributed by atoms with Crippen molar-refractivity contribution in [2.24, 2.45) is 5.41 Å². The summed E-state index contributed by atoms with van der Waals surface area (Å²) in [5.74, 6) is 0.584. The van der Waals surface area contributed by atoms with Gasteiger partial charge >= 0.3 is 0 Å². The van der Waals surface area contributed by atoms with Crippen LogP contribution in [0.2, 0.25) is 0 Å². The molecule has 0 aliphatic heterocycles. The highest BCUT2D eigenvalue weighted by atomic mass is 32.2. The van der Waals surface area contributed by atoms with Crippen molar-refractivity contribution in [2.45, 2.75) is 38.8 Å². The van der Waals surface area contributed by atoms with Gasteiger partial charge < -0.3 is 14.8 Å². The van der Waals surface area contributed by atoms with Crippen LogP contribution in [0.15, 0.2) is 21.6 Å². The summed E-state index contributed by atoms with van der Waals surface area (Å²) in [6, 6.07) is 3.09. The molecule has 7 heteroatoms. The Morgan fingerprint density at radius 2 is 2.05 bits per heavy atom. The molecule has 3 N–H and O–H groups in total. The summed E-state index contributed by atoms with van der Waals surface area (Å²) in [7, 11) is -3.67. The molecule has 1 aromatic rings. The van der Waals surface area contributed by atoms with Gasteiger partial charge in [-0.2, -0.15) is 0 Å². The predicted molar refractivity (Wildman–Crippen MR) is 76.8 cm³/mol. The molecule has 0 saturated heterocycles. The molecule has 1 rings (SSSR count). The van der Waals surface area contributed by atoms with Crippen LogP contribution in [0.4, 0.5) is 0 Å². The molecular formula is C13H24N2O4S. The highest BCUT2D eigenvalue weighted by Gasteiger charge is 2.23. The van der Waals surface area contributed by atoms with Crippen LogP contribution in [0.5, 0.6) is 0 Å². The first-order valence-electron chi connectivity index (χ1n) is 6.71. The van der Waals surface area contributed by atoms with E-state index in [2.05, 4.69) is 17.0 Å². The van der Waals surface area contributed by atoms with Gasteiger partial charge in [-0.1, -0.05) is 20.8 Å². The molecule has 0 aliphatic carbocycles. The Morgan fingerprint density at radius 1 is 1.35 bits per heavy atom. The average Bonchev–Trinajstić information content (AvgIpc) is 2.87. The fourth-order valence-electron chi connectivity index (χ4n) is 1.40. The van der Waals surface area contributed by atoms with Crippen LogP contribution in [0, 0.1) is 5.41 Å². The van der Waals surface area contributed by atoms with E-state index in [1.807, 2.05) is 0 Å². The van der Waals surface area contributed by atoms with Crippen molar-refractivity contribution in [1.29, 1.82) is 0 Å². The number of sulfonamides is 1. The van der Waals surface area contributed by atoms with Crippen LogP contribution < -0.4 is 10.0 Å². The number of furan rings is 1. The van der Waals surface area contributed by atoms with Crippen LogP contribution in [-0.2, 0) is 16.6 Å². The topological polar surface area (TPSA) is 91.6 Å². The Balaban J connectivity index is 2.64. The van der Waals surface area contributed by atoms with Gasteiger partial charge in [-0.25, -0.2) is 13.1 Å². The number of nitrogens with one attached hydrogen (secondary N) is 2. The van der Waals surface area contributed by atoms with Gasteiger partial charge in [0.1, 0.15) is 5.76 Å². The van der Waals surface area contributed by atoms with Gasteiger partial charge in [0.05, 0.1) is 6.54 Å². The molecule has 0 aromatic carbocycles. The third-order valence-corrected chi connectivity index (χ3v) is 4.07. The van der Waals surface area contributed by atoms with Gasteiger partial charge in [0.25, 0.3) is 10.0 Å². The summed E-state index contributed by atoms with van der Waals surface area (Å²) in [5, 5.41) is 12.2. The lowest BCUT2D eigenvalue weighted by Crippen LogP contribution is -2.35. The van der Waals surface area contributed by atoms with Gasteiger partial charge in [-0.3, -0.25) is 0 Å². The van der Waals surface area contributed by atoms with Crippen molar-refractivity contribution in [2.75, 3.05) is 19.7 Å². The fourth-order valence-corrected chi connectivity index (χ4v) is 2.59. The maximum Gasteiger partial charge on any atom is 0.273 e. The van der Waals surface area contributed by atoms with Gasteiger partial charge in [0, 0.05) is 18.6 Å². The number of rotatable bonds is 9. The van der Waals surface area contributed by atoms with Crippen LogP contribution in [-0.4, -0.2) is 33.2 Å². The highest BCUT2D eigenvalue weighted by Crippen LogP contribution is 2.16. The van der Waals surface area contributed by atoms with Crippen molar-refractivity contribution in [3.63, 3.8) is 0 Å². The molecule has 0 spiro atoms. The molecule has 0 unspecified atom stereocenters. The number of hydrogen-bond acceptors (Lipinski definition) is 5. The molecule has 6 nitrogen and oxygen atoms in total. The third kappa shape index (κ3) is 5.24. The minimum Gasteiger partial charge on any atom is -0.447 e. The molecule has 0 fully saturated rings. The number of aliphatic hydroxyl groups is 1. The minimum absolute atomic E-state index is 0.0974. The summed E-state index contributed by atoms with van der Waals surface area (Å²) >= 11 is 0. The fraction of sp³-hybridized carbons (Fsp3) is 0.692. The standard InChI is InChI=1S/C13H24N2O4S/c1-4-7-14-8-11-5-6-12(19-11)20(17,18)15-9-13(2,3)10-16/h5-6,14-16H,4,7-10H2,1-3H3. The molecule has 1 heterocycles. The largest absolute Gasteiger partial charge is 0.447 e. The lowest BCUT2D eigenvalue weighted by atomic mass is 9.96. The van der Waals surface area contributed by atoms with E-state index < -0.39 is 15.4 Å². The molecule has 116 valence electrons. The van der Waals surface area contributed by atoms with E-state index in [1.54, 1.807) is 19.9 Å². The monoisotopic (exact) mass is 304 g/mol. The van der Waals surface area contributed by atoms with Crippen LogP contribution in [0.3, 0.4) is 0 Å². The summed E-state index contributed by atoms with van der Waals surface area (Å²) < 4.78 is 31.8. The van der Waals surface area contributed by atoms with E-state index >= 15 is 0 Å². The molecule has 20 heavy (non-hydrogen) atoms. The first-order valence-corrected chi connectivity index (χ1v) is 8.19. The second-order valence-electron chi connectivity index (χ2n) is 5.54. The van der Waals surface area contributed by atoms with Crippen molar-refractivity contribution < 1.29 is 17.9 Å². The molecule has 0 atom stereocenters. The van der Waals surface area contributed by atoms with E-state index in [0.717, 1.165) is 13.0 Å². The SMILES string of the molecule is CCCNCc1ccc(S(=O)(=O)NCC(C)(C)CO)o1. The van der Waals surface area contributed by atoms with Crippen molar-refractivity contribution in [3.8, 4) is 0 Å². The highest BCUT2D eigenvalue weighted by molar-refractivity contribution is 7.89. The van der Waals surface area contributed by atoms with Crippen molar-refractivity contribution in [1.82, 2.24) is 10.0 Å². The first kappa shape index (κ1) is 17.2. The average molecular weight is 304 g/mol. The first-order chi connectivity index (χ1) is 9.30. The van der Waals surface area contributed by atoms with Gasteiger partial charge in [-0.15, -0.1) is 0 Å². The Bertz CT molecular complexity index is 508. The van der Waals surface area contributed by atoms with Crippen molar-refractivity contribution in [3.05, 3.63) is 17.9 Å². The Morgan fingerprint density at radius 3 is 2.65 bits per heavy atom. The maximum absolute atomic E-state index is 12.0. The van der Waals surface area contributed by atoms with E-state index in [1.165, 1.54) is 6.07 Å². The summed E-state index contributed by atoms with van der Waals surface area (Å²) in [6.45, 7) is 7.01. The molecule has 0 saturated carbocycles. The molecule has 0 bridgehead atoms. The van der Waals surface area contributed by atoms with Gasteiger partial charge in [0.2, 0.25) is 5.09 Å². The second kappa shape index (κ2) is 7.21. The zero-order valence-electron chi connectivity index (χ0n) is 12.3. The molecular weight excluding hydrogens is 280 g/mol. The Kier molecular flexibility index (Phi) is 6.19. The minimum atomic E-state index is -3.67. The summed E-state index contributed by atoms with van der Waals surface area (Å²) in [4.78, 5) is 0. The zero-order chi connectivity index (χ0) is 15.2. The van der Waals surface area contributed by atoms with Crippen LogP contribution in [0.1, 0.15) is 33.0 Å². The number of aliphatic hydroxyl groups excluding tert-OH is 1. The van der Waals surface area contributed by atoms with E-state index in [0.29, 0.717) is 12.3 Å². The molecule has 0 radical (unpaired) electrons. The zero-order valence-corrected chi connectivity index (χ0v) is 13.1. The van der Waals surface area contributed by atoms with Crippen molar-refractivity contribution >= 4 is 10.0 Å².